The van der Waals surface area contributed by atoms with E-state index in [0.29, 0.717) is 56.5 Å². The molecule has 2 aromatic carbocycles. The summed E-state index contributed by atoms with van der Waals surface area (Å²) in [6.45, 7) is 8.25. The van der Waals surface area contributed by atoms with E-state index in [1.54, 1.807) is 11.0 Å². The highest BCUT2D eigenvalue weighted by Crippen LogP contribution is 2.33. The molecule has 9 nitrogen and oxygen atoms in total. The fourth-order valence-electron chi connectivity index (χ4n) is 6.74. The second kappa shape index (κ2) is 12.6. The Morgan fingerprint density at radius 1 is 1.07 bits per heavy atom. The standard InChI is InChI=1S/C33H38FN7O2/c1-3-31(42)41-20-19-40(21-23(41)12-15-35)32-27-13-17-39(30-11-10-28(34)25-8-4-5-9-26(25)30)18-14-29(27)36-33(37-32)43-22-24-7-6-16-38(24)2/h3-5,8-11,23-24H,1,6-7,12-14,16-22H2,2H3/t23-,24-/m0/s1. The Balaban J connectivity index is 1.32. The number of hydrogen-bond acceptors (Lipinski definition) is 8. The minimum absolute atomic E-state index is 0.159. The fourth-order valence-corrected chi connectivity index (χ4v) is 6.74. The Labute approximate surface area is 252 Å². The molecule has 3 aliphatic rings. The van der Waals surface area contributed by atoms with Crippen LogP contribution in [0, 0.1) is 17.1 Å². The number of anilines is 2. The van der Waals surface area contributed by atoms with Crippen LogP contribution in [-0.2, 0) is 17.6 Å². The van der Waals surface area contributed by atoms with Crippen molar-refractivity contribution in [2.45, 2.75) is 44.2 Å². The summed E-state index contributed by atoms with van der Waals surface area (Å²) in [6.07, 6.45) is 5.18. The van der Waals surface area contributed by atoms with Gasteiger partial charge >= 0.3 is 6.01 Å². The van der Waals surface area contributed by atoms with Gasteiger partial charge in [-0.3, -0.25) is 4.79 Å². The molecular weight excluding hydrogens is 545 g/mol. The number of aromatic nitrogens is 2. The highest BCUT2D eigenvalue weighted by molar-refractivity contribution is 5.94. The van der Waals surface area contributed by atoms with Crippen molar-refractivity contribution in [3.8, 4) is 12.1 Å². The van der Waals surface area contributed by atoms with E-state index in [2.05, 4.69) is 34.4 Å². The third-order valence-corrected chi connectivity index (χ3v) is 9.13. The van der Waals surface area contributed by atoms with Crippen LogP contribution in [0.1, 0.15) is 30.5 Å². The first-order valence-electron chi connectivity index (χ1n) is 15.2. The SMILES string of the molecule is C=CC(=O)N1CCN(c2nc(OC[C@@H]3CCCN3C)nc3c2CCN(c2ccc(F)c4ccccc24)CC3)C[C@@H]1CC#N. The number of likely N-dealkylation sites (tertiary alicyclic amines) is 1. The predicted octanol–water partition coefficient (Wildman–Crippen LogP) is 3.96. The highest BCUT2D eigenvalue weighted by atomic mass is 19.1. The van der Waals surface area contributed by atoms with E-state index in [1.165, 1.54) is 6.08 Å². The monoisotopic (exact) mass is 583 g/mol. The van der Waals surface area contributed by atoms with Crippen LogP contribution < -0.4 is 14.5 Å². The summed E-state index contributed by atoms with van der Waals surface area (Å²) in [4.78, 5) is 31.0. The first-order valence-corrected chi connectivity index (χ1v) is 15.2. The van der Waals surface area contributed by atoms with Gasteiger partial charge in [0.2, 0.25) is 5.91 Å². The third-order valence-electron chi connectivity index (χ3n) is 9.13. The zero-order valence-electron chi connectivity index (χ0n) is 24.7. The van der Waals surface area contributed by atoms with Gasteiger partial charge in [0.05, 0.1) is 24.2 Å². The van der Waals surface area contributed by atoms with Crippen LogP contribution in [0.15, 0.2) is 49.1 Å². The molecule has 4 heterocycles. The van der Waals surface area contributed by atoms with Gasteiger partial charge in [-0.15, -0.1) is 0 Å². The molecule has 224 valence electrons. The van der Waals surface area contributed by atoms with Gasteiger partial charge in [0, 0.05) is 67.2 Å². The number of carbonyl (C=O) groups is 1. The lowest BCUT2D eigenvalue weighted by Crippen LogP contribution is -2.55. The van der Waals surface area contributed by atoms with E-state index < -0.39 is 0 Å². The largest absolute Gasteiger partial charge is 0.462 e. The number of carbonyl (C=O) groups excluding carboxylic acids is 1. The van der Waals surface area contributed by atoms with Gasteiger partial charge in [-0.2, -0.15) is 15.2 Å². The average Bonchev–Trinajstić information content (AvgIpc) is 3.32. The summed E-state index contributed by atoms with van der Waals surface area (Å²) in [7, 11) is 2.12. The molecule has 0 spiro atoms. The van der Waals surface area contributed by atoms with E-state index in [0.717, 1.165) is 60.6 Å². The van der Waals surface area contributed by atoms with Crippen LogP contribution in [0.5, 0.6) is 6.01 Å². The van der Waals surface area contributed by atoms with Gasteiger partial charge in [0.15, 0.2) is 0 Å². The maximum absolute atomic E-state index is 14.6. The van der Waals surface area contributed by atoms with Gasteiger partial charge in [0.1, 0.15) is 18.2 Å². The Bertz CT molecular complexity index is 1560. The molecule has 2 saturated heterocycles. The molecule has 1 amide bonds. The van der Waals surface area contributed by atoms with E-state index in [9.17, 15) is 14.4 Å². The smallest absolute Gasteiger partial charge is 0.318 e. The molecule has 0 aliphatic carbocycles. The molecule has 3 aliphatic heterocycles. The Kier molecular flexibility index (Phi) is 8.43. The Morgan fingerprint density at radius 3 is 2.65 bits per heavy atom. The number of hydrogen-bond donors (Lipinski definition) is 0. The lowest BCUT2D eigenvalue weighted by molar-refractivity contribution is -0.128. The van der Waals surface area contributed by atoms with Crippen LogP contribution in [0.25, 0.3) is 10.8 Å². The predicted molar refractivity (Wildman–Crippen MR) is 165 cm³/mol. The number of nitrogens with zero attached hydrogens (tertiary/aromatic N) is 7. The van der Waals surface area contributed by atoms with E-state index in [1.807, 2.05) is 30.3 Å². The molecular formula is C33H38FN7O2. The molecule has 0 N–H and O–H groups in total. The zero-order valence-corrected chi connectivity index (χ0v) is 24.7. The lowest BCUT2D eigenvalue weighted by atomic mass is 10.1. The summed E-state index contributed by atoms with van der Waals surface area (Å²) in [5.41, 5.74) is 3.03. The Morgan fingerprint density at radius 2 is 1.88 bits per heavy atom. The van der Waals surface area contributed by atoms with Gasteiger partial charge in [-0.25, -0.2) is 4.39 Å². The van der Waals surface area contributed by atoms with Gasteiger partial charge in [-0.05, 0) is 51.1 Å². The van der Waals surface area contributed by atoms with E-state index in [-0.39, 0.29) is 24.2 Å². The molecule has 3 aromatic rings. The minimum atomic E-state index is -0.265. The number of ether oxygens (including phenoxy) is 1. The van der Waals surface area contributed by atoms with Crippen molar-refractivity contribution >= 4 is 28.2 Å². The minimum Gasteiger partial charge on any atom is -0.462 e. The molecule has 1 aromatic heterocycles. The molecule has 0 radical (unpaired) electrons. The quantitative estimate of drug-likeness (QED) is 0.387. The van der Waals surface area contributed by atoms with Crippen LogP contribution >= 0.6 is 0 Å². The van der Waals surface area contributed by atoms with Gasteiger partial charge in [-0.1, -0.05) is 30.8 Å². The van der Waals surface area contributed by atoms with Crippen molar-refractivity contribution in [3.05, 3.63) is 66.1 Å². The number of nitriles is 1. The van der Waals surface area contributed by atoms with Crippen molar-refractivity contribution in [2.75, 3.05) is 62.7 Å². The number of fused-ring (bicyclic) bond motifs is 2. The van der Waals surface area contributed by atoms with Crippen LogP contribution in [0.4, 0.5) is 15.9 Å². The summed E-state index contributed by atoms with van der Waals surface area (Å²) in [5.74, 6) is 0.439. The summed E-state index contributed by atoms with van der Waals surface area (Å²) in [6, 6.07) is 13.7. The number of likely N-dealkylation sites (N-methyl/N-ethyl adjacent to an activating group) is 1. The zero-order chi connectivity index (χ0) is 29.9. The van der Waals surface area contributed by atoms with Crippen molar-refractivity contribution in [2.24, 2.45) is 0 Å². The van der Waals surface area contributed by atoms with Crippen LogP contribution in [-0.4, -0.2) is 90.7 Å². The molecule has 10 heteroatoms. The lowest BCUT2D eigenvalue weighted by Gasteiger charge is -2.41. The molecule has 2 atom stereocenters. The maximum atomic E-state index is 14.6. The number of rotatable bonds is 7. The summed E-state index contributed by atoms with van der Waals surface area (Å²) in [5, 5.41) is 11.0. The van der Waals surface area contributed by atoms with Crippen molar-refractivity contribution in [1.29, 1.82) is 5.26 Å². The normalized spacial score (nSPS) is 20.9. The number of benzene rings is 2. The maximum Gasteiger partial charge on any atom is 0.318 e. The molecule has 0 saturated carbocycles. The number of amides is 1. The van der Waals surface area contributed by atoms with Crippen LogP contribution in [0.2, 0.25) is 0 Å². The Hall–Kier alpha value is -4.23. The molecule has 43 heavy (non-hydrogen) atoms. The fraction of sp³-hybridized carbons (Fsp3) is 0.455. The van der Waals surface area contributed by atoms with Crippen molar-refractivity contribution < 1.29 is 13.9 Å². The summed E-state index contributed by atoms with van der Waals surface area (Å²) >= 11 is 0. The first-order chi connectivity index (χ1) is 21.0. The second-order valence-electron chi connectivity index (χ2n) is 11.6. The number of halogens is 1. The van der Waals surface area contributed by atoms with Gasteiger partial charge < -0.3 is 24.3 Å². The third kappa shape index (κ3) is 5.87. The van der Waals surface area contributed by atoms with Gasteiger partial charge in [0.25, 0.3) is 0 Å². The number of piperazine rings is 1. The molecule has 0 bridgehead atoms. The summed E-state index contributed by atoms with van der Waals surface area (Å²) < 4.78 is 20.9. The van der Waals surface area contributed by atoms with Crippen LogP contribution in [0.3, 0.4) is 0 Å². The average molecular weight is 584 g/mol. The van der Waals surface area contributed by atoms with Crippen molar-refractivity contribution in [3.63, 3.8) is 0 Å². The van der Waals surface area contributed by atoms with E-state index in [4.69, 9.17) is 14.7 Å². The molecule has 2 fully saturated rings. The molecule has 6 rings (SSSR count). The molecule has 0 unspecified atom stereocenters. The second-order valence-corrected chi connectivity index (χ2v) is 11.6. The van der Waals surface area contributed by atoms with E-state index >= 15 is 0 Å². The highest BCUT2D eigenvalue weighted by Gasteiger charge is 2.33. The first kappa shape index (κ1) is 28.9. The van der Waals surface area contributed by atoms with Crippen molar-refractivity contribution in [1.82, 2.24) is 19.8 Å². The topological polar surface area (TPSA) is 88.8 Å².